The minimum Gasteiger partial charge on any atom is -0.495 e. The van der Waals surface area contributed by atoms with Crippen molar-refractivity contribution in [3.63, 3.8) is 0 Å². The normalized spacial score (nSPS) is 10.5. The standard InChI is InChI=1S/C16H19ClN2O2/c1-10(2)21-15-6-4-5-13(16(15)18)19-11-7-8-14(20-3)12(17)9-11/h4-10,19H,18H2,1-3H3. The first kappa shape index (κ1) is 15.3. The minimum absolute atomic E-state index is 0.0676. The summed E-state index contributed by atoms with van der Waals surface area (Å²) in [5, 5.41) is 3.77. The third-order valence-corrected chi connectivity index (χ3v) is 3.15. The lowest BCUT2D eigenvalue weighted by Gasteiger charge is -2.16. The molecule has 0 saturated heterocycles. The molecule has 21 heavy (non-hydrogen) atoms. The molecular weight excluding hydrogens is 288 g/mol. The van der Waals surface area contributed by atoms with E-state index in [9.17, 15) is 0 Å². The van der Waals surface area contributed by atoms with Crippen molar-refractivity contribution in [1.29, 1.82) is 0 Å². The topological polar surface area (TPSA) is 56.5 Å². The quantitative estimate of drug-likeness (QED) is 0.801. The van der Waals surface area contributed by atoms with Gasteiger partial charge in [-0.25, -0.2) is 0 Å². The van der Waals surface area contributed by atoms with Crippen molar-refractivity contribution in [2.45, 2.75) is 20.0 Å². The molecule has 0 saturated carbocycles. The van der Waals surface area contributed by atoms with Crippen LogP contribution >= 0.6 is 11.6 Å². The van der Waals surface area contributed by atoms with E-state index in [1.807, 2.05) is 38.1 Å². The molecule has 0 aliphatic heterocycles. The van der Waals surface area contributed by atoms with E-state index in [4.69, 9.17) is 26.8 Å². The molecule has 2 aromatic rings. The highest BCUT2D eigenvalue weighted by atomic mass is 35.5. The minimum atomic E-state index is 0.0676. The van der Waals surface area contributed by atoms with Crippen LogP contribution in [0.4, 0.5) is 17.1 Å². The number of nitrogen functional groups attached to an aromatic ring is 1. The highest BCUT2D eigenvalue weighted by Crippen LogP contribution is 2.34. The summed E-state index contributed by atoms with van der Waals surface area (Å²) in [6.45, 7) is 3.92. The number of nitrogens with one attached hydrogen (secondary N) is 1. The van der Waals surface area contributed by atoms with Gasteiger partial charge in [-0.2, -0.15) is 0 Å². The zero-order chi connectivity index (χ0) is 15.4. The van der Waals surface area contributed by atoms with E-state index >= 15 is 0 Å². The van der Waals surface area contributed by atoms with E-state index in [1.165, 1.54) is 0 Å². The van der Waals surface area contributed by atoms with Crippen molar-refractivity contribution >= 4 is 28.7 Å². The fourth-order valence-electron chi connectivity index (χ4n) is 1.91. The van der Waals surface area contributed by atoms with Crippen molar-refractivity contribution in [1.82, 2.24) is 0 Å². The van der Waals surface area contributed by atoms with Crippen LogP contribution < -0.4 is 20.5 Å². The second kappa shape index (κ2) is 6.59. The molecule has 0 aromatic heterocycles. The SMILES string of the molecule is COc1ccc(Nc2cccc(OC(C)C)c2N)cc1Cl. The van der Waals surface area contributed by atoms with Gasteiger partial charge in [0.05, 0.1) is 29.6 Å². The Bertz CT molecular complexity index is 630. The van der Waals surface area contributed by atoms with Crippen LogP contribution in [0.15, 0.2) is 36.4 Å². The highest BCUT2D eigenvalue weighted by Gasteiger charge is 2.09. The molecule has 0 atom stereocenters. The molecule has 0 radical (unpaired) electrons. The molecule has 5 heteroatoms. The first-order valence-corrected chi connectivity index (χ1v) is 7.04. The Balaban J connectivity index is 2.25. The summed E-state index contributed by atoms with van der Waals surface area (Å²) in [6.07, 6.45) is 0.0676. The Morgan fingerprint density at radius 3 is 2.52 bits per heavy atom. The van der Waals surface area contributed by atoms with Crippen molar-refractivity contribution < 1.29 is 9.47 Å². The van der Waals surface area contributed by atoms with Crippen LogP contribution in [0.5, 0.6) is 11.5 Å². The number of hydrogen-bond donors (Lipinski definition) is 2. The Labute approximate surface area is 129 Å². The zero-order valence-electron chi connectivity index (χ0n) is 12.3. The maximum absolute atomic E-state index is 6.13. The van der Waals surface area contributed by atoms with Crippen molar-refractivity contribution in [2.75, 3.05) is 18.2 Å². The van der Waals surface area contributed by atoms with Gasteiger partial charge in [0, 0.05) is 5.69 Å². The maximum atomic E-state index is 6.13. The molecule has 2 aromatic carbocycles. The van der Waals surface area contributed by atoms with Crippen LogP contribution in [0.25, 0.3) is 0 Å². The summed E-state index contributed by atoms with van der Waals surface area (Å²) in [5.74, 6) is 1.29. The van der Waals surface area contributed by atoms with Gasteiger partial charge in [0.25, 0.3) is 0 Å². The molecule has 4 nitrogen and oxygen atoms in total. The summed E-state index contributed by atoms with van der Waals surface area (Å²) in [4.78, 5) is 0. The van der Waals surface area contributed by atoms with Gasteiger partial charge in [0.2, 0.25) is 0 Å². The van der Waals surface area contributed by atoms with Crippen LogP contribution in [0, 0.1) is 0 Å². The Morgan fingerprint density at radius 1 is 1.14 bits per heavy atom. The molecular formula is C16H19ClN2O2. The highest BCUT2D eigenvalue weighted by molar-refractivity contribution is 6.32. The second-order valence-electron chi connectivity index (χ2n) is 4.86. The number of methoxy groups -OCH3 is 1. The first-order valence-electron chi connectivity index (χ1n) is 6.67. The Morgan fingerprint density at radius 2 is 1.90 bits per heavy atom. The number of para-hydroxylation sites is 1. The largest absolute Gasteiger partial charge is 0.495 e. The monoisotopic (exact) mass is 306 g/mol. The Kier molecular flexibility index (Phi) is 4.81. The van der Waals surface area contributed by atoms with E-state index in [0.717, 1.165) is 11.4 Å². The summed E-state index contributed by atoms with van der Waals surface area (Å²) >= 11 is 6.11. The predicted molar refractivity (Wildman–Crippen MR) is 87.9 cm³/mol. The molecule has 0 spiro atoms. The fourth-order valence-corrected chi connectivity index (χ4v) is 2.17. The number of anilines is 3. The molecule has 0 fully saturated rings. The summed E-state index contributed by atoms with van der Waals surface area (Å²) in [6, 6.07) is 11.1. The van der Waals surface area contributed by atoms with Crippen LogP contribution in [-0.2, 0) is 0 Å². The van der Waals surface area contributed by atoms with Crippen molar-refractivity contribution in [2.24, 2.45) is 0 Å². The molecule has 0 aliphatic carbocycles. The third kappa shape index (κ3) is 3.73. The molecule has 2 rings (SSSR count). The third-order valence-electron chi connectivity index (χ3n) is 2.86. The van der Waals surface area contributed by atoms with Gasteiger partial charge in [-0.05, 0) is 44.2 Å². The van der Waals surface area contributed by atoms with E-state index in [1.54, 1.807) is 19.2 Å². The molecule has 112 valence electrons. The van der Waals surface area contributed by atoms with Gasteiger partial charge < -0.3 is 20.5 Å². The van der Waals surface area contributed by atoms with Gasteiger partial charge in [0.15, 0.2) is 0 Å². The first-order chi connectivity index (χ1) is 10.0. The zero-order valence-corrected chi connectivity index (χ0v) is 13.1. The van der Waals surface area contributed by atoms with Gasteiger partial charge in [-0.1, -0.05) is 17.7 Å². The average molecular weight is 307 g/mol. The van der Waals surface area contributed by atoms with Gasteiger partial charge >= 0.3 is 0 Å². The van der Waals surface area contributed by atoms with Crippen LogP contribution in [0.1, 0.15) is 13.8 Å². The predicted octanol–water partition coefficient (Wildman–Crippen LogP) is 4.46. The number of benzene rings is 2. The molecule has 0 amide bonds. The van der Waals surface area contributed by atoms with E-state index in [0.29, 0.717) is 22.2 Å². The van der Waals surface area contributed by atoms with Gasteiger partial charge in [0.1, 0.15) is 11.5 Å². The van der Waals surface area contributed by atoms with E-state index < -0.39 is 0 Å². The smallest absolute Gasteiger partial charge is 0.144 e. The number of hydrogen-bond acceptors (Lipinski definition) is 4. The second-order valence-corrected chi connectivity index (χ2v) is 5.27. The summed E-state index contributed by atoms with van der Waals surface area (Å²) in [5.41, 5.74) is 8.30. The number of ether oxygens (including phenoxy) is 2. The average Bonchev–Trinajstić information content (AvgIpc) is 2.43. The van der Waals surface area contributed by atoms with Crippen LogP contribution in [-0.4, -0.2) is 13.2 Å². The molecule has 0 heterocycles. The number of rotatable bonds is 5. The lowest BCUT2D eigenvalue weighted by Crippen LogP contribution is -2.08. The lowest BCUT2D eigenvalue weighted by molar-refractivity contribution is 0.244. The number of halogens is 1. The van der Waals surface area contributed by atoms with Gasteiger partial charge in [-0.3, -0.25) is 0 Å². The summed E-state index contributed by atoms with van der Waals surface area (Å²) in [7, 11) is 1.58. The Hall–Kier alpha value is -2.07. The molecule has 3 N–H and O–H groups in total. The van der Waals surface area contributed by atoms with E-state index in [-0.39, 0.29) is 6.10 Å². The maximum Gasteiger partial charge on any atom is 0.144 e. The lowest BCUT2D eigenvalue weighted by atomic mass is 10.2. The molecule has 0 aliphatic rings. The van der Waals surface area contributed by atoms with Crippen LogP contribution in [0.3, 0.4) is 0 Å². The fraction of sp³-hybridized carbons (Fsp3) is 0.250. The van der Waals surface area contributed by atoms with Crippen molar-refractivity contribution in [3.05, 3.63) is 41.4 Å². The molecule has 0 unspecified atom stereocenters. The van der Waals surface area contributed by atoms with Crippen LogP contribution in [0.2, 0.25) is 5.02 Å². The van der Waals surface area contributed by atoms with Gasteiger partial charge in [-0.15, -0.1) is 0 Å². The molecule has 0 bridgehead atoms. The summed E-state index contributed by atoms with van der Waals surface area (Å²) < 4.78 is 10.8. The van der Waals surface area contributed by atoms with E-state index in [2.05, 4.69) is 5.32 Å². The van der Waals surface area contributed by atoms with Crippen molar-refractivity contribution in [3.8, 4) is 11.5 Å². The number of nitrogens with two attached hydrogens (primary N) is 1.